The van der Waals surface area contributed by atoms with Gasteiger partial charge in [0.25, 0.3) is 0 Å². The molecular weight excluding hydrogens is 292 g/mol. The average Bonchev–Trinajstić information content (AvgIpc) is 3.27. The molecule has 0 aliphatic carbocycles. The van der Waals surface area contributed by atoms with Crippen LogP contribution in [-0.4, -0.2) is 70.1 Å². The quantitative estimate of drug-likeness (QED) is 0.817. The summed E-state index contributed by atoms with van der Waals surface area (Å²) in [5, 5.41) is 12.5. The molecule has 0 saturated carbocycles. The Bertz CT molecular complexity index is 669. The summed E-state index contributed by atoms with van der Waals surface area (Å²) in [5.74, 6) is 2.22. The second-order valence-electron chi connectivity index (χ2n) is 6.51. The highest BCUT2D eigenvalue weighted by Gasteiger charge is 2.44. The molecular formula is C16H24N6O. The number of ether oxygens (including phenoxy) is 1. The summed E-state index contributed by atoms with van der Waals surface area (Å²) in [6.07, 6.45) is 1.99. The molecule has 0 N–H and O–H groups in total. The molecule has 2 aliphatic heterocycles. The number of nitrogens with zero attached hydrogens (tertiary/aromatic N) is 6. The molecule has 2 aliphatic rings. The predicted octanol–water partition coefficient (Wildman–Crippen LogP) is 0.917. The van der Waals surface area contributed by atoms with Crippen LogP contribution in [0.2, 0.25) is 0 Å². The third-order valence-corrected chi connectivity index (χ3v) is 5.30. The predicted molar refractivity (Wildman–Crippen MR) is 87.5 cm³/mol. The van der Waals surface area contributed by atoms with Gasteiger partial charge in [0.05, 0.1) is 12.7 Å². The topological polar surface area (TPSA) is 58.8 Å². The molecule has 0 aromatic carbocycles. The molecule has 2 fully saturated rings. The van der Waals surface area contributed by atoms with Crippen molar-refractivity contribution in [2.24, 2.45) is 11.8 Å². The van der Waals surface area contributed by atoms with Crippen LogP contribution in [0.4, 0.5) is 5.82 Å². The molecule has 0 amide bonds. The Kier molecular flexibility index (Phi) is 3.90. The van der Waals surface area contributed by atoms with Crippen molar-refractivity contribution in [1.29, 1.82) is 0 Å². The van der Waals surface area contributed by atoms with Gasteiger partial charge in [-0.05, 0) is 25.2 Å². The maximum atomic E-state index is 6.08. The van der Waals surface area contributed by atoms with Crippen molar-refractivity contribution >= 4 is 11.5 Å². The molecule has 23 heavy (non-hydrogen) atoms. The van der Waals surface area contributed by atoms with E-state index in [0.29, 0.717) is 17.9 Å². The smallest absolute Gasteiger partial charge is 0.177 e. The minimum atomic E-state index is 0.342. The first-order chi connectivity index (χ1) is 11.3. The third-order valence-electron chi connectivity index (χ3n) is 5.30. The first kappa shape index (κ1) is 14.8. The highest BCUT2D eigenvalue weighted by atomic mass is 16.5. The monoisotopic (exact) mass is 316 g/mol. The normalized spacial score (nSPS) is 27.3. The van der Waals surface area contributed by atoms with Gasteiger partial charge in [-0.1, -0.05) is 13.8 Å². The van der Waals surface area contributed by atoms with E-state index in [1.165, 1.54) is 0 Å². The lowest BCUT2D eigenvalue weighted by Crippen LogP contribution is -2.34. The average molecular weight is 316 g/mol. The molecule has 7 heteroatoms. The number of fused-ring (bicyclic) bond motifs is 2. The Morgan fingerprint density at radius 2 is 2.13 bits per heavy atom. The van der Waals surface area contributed by atoms with E-state index < -0.39 is 0 Å². The summed E-state index contributed by atoms with van der Waals surface area (Å²) in [6.45, 7) is 10.7. The fourth-order valence-corrected chi connectivity index (χ4v) is 3.87. The van der Waals surface area contributed by atoms with E-state index in [-0.39, 0.29) is 0 Å². The lowest BCUT2D eigenvalue weighted by atomic mass is 9.92. The molecule has 0 spiro atoms. The summed E-state index contributed by atoms with van der Waals surface area (Å²) in [7, 11) is 0. The van der Waals surface area contributed by atoms with E-state index in [9.17, 15) is 0 Å². The van der Waals surface area contributed by atoms with Gasteiger partial charge in [-0.2, -0.15) is 4.52 Å². The van der Waals surface area contributed by atoms with Gasteiger partial charge in [-0.3, -0.25) is 0 Å². The summed E-state index contributed by atoms with van der Waals surface area (Å²) in [6, 6.07) is 4.00. The van der Waals surface area contributed by atoms with Crippen LogP contribution in [0.25, 0.3) is 5.65 Å². The molecule has 7 nitrogen and oxygen atoms in total. The van der Waals surface area contributed by atoms with E-state index in [4.69, 9.17) is 4.74 Å². The Labute approximate surface area is 136 Å². The largest absolute Gasteiger partial charge is 0.376 e. The van der Waals surface area contributed by atoms with Crippen LogP contribution in [0.15, 0.2) is 18.5 Å². The molecule has 4 heterocycles. The standard InChI is InChI=1S/C16H24N6O/c1-3-20(4-2)7-12-10-23-14-9-21(8-13(12)14)16-6-5-15-18-17-11-22(15)19-16/h5-6,11-14H,3-4,7-10H2,1-2H3/t12-,13-,14-/m1/s1. The summed E-state index contributed by atoms with van der Waals surface area (Å²) in [4.78, 5) is 4.84. The maximum absolute atomic E-state index is 6.08. The van der Waals surface area contributed by atoms with Crippen molar-refractivity contribution in [2.45, 2.75) is 20.0 Å². The molecule has 0 unspecified atom stereocenters. The van der Waals surface area contributed by atoms with Gasteiger partial charge in [0.15, 0.2) is 5.65 Å². The second kappa shape index (κ2) is 6.05. The lowest BCUT2D eigenvalue weighted by molar-refractivity contribution is 0.109. The summed E-state index contributed by atoms with van der Waals surface area (Å²) in [5.41, 5.74) is 0.781. The van der Waals surface area contributed by atoms with Crippen LogP contribution in [0.1, 0.15) is 13.8 Å². The van der Waals surface area contributed by atoms with Crippen LogP contribution >= 0.6 is 0 Å². The minimum absolute atomic E-state index is 0.342. The molecule has 3 atom stereocenters. The zero-order chi connectivity index (χ0) is 15.8. The van der Waals surface area contributed by atoms with Gasteiger partial charge in [-0.25, -0.2) is 0 Å². The SMILES string of the molecule is CCN(CC)C[C@@H]1CO[C@@H]2CN(c3ccc4nncn4n3)C[C@H]12. The maximum Gasteiger partial charge on any atom is 0.177 e. The molecule has 2 saturated heterocycles. The Balaban J connectivity index is 1.47. The van der Waals surface area contributed by atoms with Crippen molar-refractivity contribution in [1.82, 2.24) is 24.7 Å². The van der Waals surface area contributed by atoms with Crippen molar-refractivity contribution in [3.8, 4) is 0 Å². The molecule has 2 aromatic rings. The zero-order valence-corrected chi connectivity index (χ0v) is 13.8. The highest BCUT2D eigenvalue weighted by molar-refractivity contribution is 5.46. The van der Waals surface area contributed by atoms with Gasteiger partial charge < -0.3 is 14.5 Å². The van der Waals surface area contributed by atoms with Crippen molar-refractivity contribution in [2.75, 3.05) is 44.2 Å². The fraction of sp³-hybridized carbons (Fsp3) is 0.688. The van der Waals surface area contributed by atoms with Gasteiger partial charge in [0.1, 0.15) is 12.1 Å². The summed E-state index contributed by atoms with van der Waals surface area (Å²) < 4.78 is 7.81. The number of aromatic nitrogens is 4. The lowest BCUT2D eigenvalue weighted by Gasteiger charge is -2.25. The van der Waals surface area contributed by atoms with Gasteiger partial charge in [0, 0.05) is 31.5 Å². The number of hydrogen-bond acceptors (Lipinski definition) is 6. The van der Waals surface area contributed by atoms with E-state index >= 15 is 0 Å². The fourth-order valence-electron chi connectivity index (χ4n) is 3.87. The summed E-state index contributed by atoms with van der Waals surface area (Å²) >= 11 is 0. The van der Waals surface area contributed by atoms with E-state index in [1.54, 1.807) is 10.8 Å². The van der Waals surface area contributed by atoms with Crippen LogP contribution in [0, 0.1) is 11.8 Å². The van der Waals surface area contributed by atoms with E-state index in [2.05, 4.69) is 38.9 Å². The Morgan fingerprint density at radius 3 is 2.96 bits per heavy atom. The number of anilines is 1. The van der Waals surface area contributed by atoms with Crippen molar-refractivity contribution in [3.05, 3.63) is 18.5 Å². The Hall–Kier alpha value is -1.73. The van der Waals surface area contributed by atoms with Crippen molar-refractivity contribution < 1.29 is 4.74 Å². The van der Waals surface area contributed by atoms with Crippen molar-refractivity contribution in [3.63, 3.8) is 0 Å². The van der Waals surface area contributed by atoms with Gasteiger partial charge in [0.2, 0.25) is 0 Å². The molecule has 2 aromatic heterocycles. The second-order valence-corrected chi connectivity index (χ2v) is 6.51. The first-order valence-corrected chi connectivity index (χ1v) is 8.54. The van der Waals surface area contributed by atoms with Crippen LogP contribution in [0.3, 0.4) is 0 Å². The number of rotatable bonds is 5. The molecule has 124 valence electrons. The van der Waals surface area contributed by atoms with E-state index in [1.807, 2.05) is 12.1 Å². The first-order valence-electron chi connectivity index (χ1n) is 8.54. The van der Waals surface area contributed by atoms with Crippen LogP contribution < -0.4 is 4.90 Å². The van der Waals surface area contributed by atoms with Gasteiger partial charge >= 0.3 is 0 Å². The Morgan fingerprint density at radius 1 is 1.26 bits per heavy atom. The minimum Gasteiger partial charge on any atom is -0.376 e. The molecule has 0 radical (unpaired) electrons. The molecule has 4 rings (SSSR count). The highest BCUT2D eigenvalue weighted by Crippen LogP contribution is 2.35. The molecule has 0 bridgehead atoms. The number of hydrogen-bond donors (Lipinski definition) is 0. The van der Waals surface area contributed by atoms with Gasteiger partial charge in [-0.15, -0.1) is 15.3 Å². The van der Waals surface area contributed by atoms with E-state index in [0.717, 1.165) is 50.8 Å². The zero-order valence-electron chi connectivity index (χ0n) is 13.8. The third kappa shape index (κ3) is 2.68. The van der Waals surface area contributed by atoms with Crippen LogP contribution in [-0.2, 0) is 4.74 Å². The van der Waals surface area contributed by atoms with Crippen LogP contribution in [0.5, 0.6) is 0 Å².